The van der Waals surface area contributed by atoms with Crippen LogP contribution in [0.2, 0.25) is 0 Å². The number of aromatic nitrogens is 3. The predicted molar refractivity (Wildman–Crippen MR) is 102 cm³/mol. The normalized spacial score (nSPS) is 22.1. The van der Waals surface area contributed by atoms with Gasteiger partial charge in [-0.1, -0.05) is 0 Å². The van der Waals surface area contributed by atoms with Gasteiger partial charge in [0, 0.05) is 29.8 Å². The molecule has 4 rings (SSSR count). The van der Waals surface area contributed by atoms with Crippen LogP contribution in [0.3, 0.4) is 0 Å². The van der Waals surface area contributed by atoms with Crippen molar-refractivity contribution in [3.05, 3.63) is 24.0 Å². The van der Waals surface area contributed by atoms with Gasteiger partial charge in [0.15, 0.2) is 5.82 Å². The number of alkyl carbamates (subject to hydrolysis) is 1. The number of hydrogen-bond donors (Lipinski definition) is 4. The molecule has 2 aromatic rings. The van der Waals surface area contributed by atoms with Crippen LogP contribution < -0.4 is 15.4 Å². The Balaban J connectivity index is 1.36. The Morgan fingerprint density at radius 1 is 1.29 bits per heavy atom. The molecule has 28 heavy (non-hydrogen) atoms. The SMILES string of the molecule is CC(C)NC(=O)O[C@@H]1CC[C@H](c2cc(Nc3cc4c(cn3)NS4(=O)=O)n[nH]2)C1. The summed E-state index contributed by atoms with van der Waals surface area (Å²) in [5.41, 5.74) is 1.43. The molecule has 0 spiro atoms. The number of fused-ring (bicyclic) bond motifs is 1. The standard InChI is InChI=1S/C17H22N6O4S/c1-9(2)19-17(24)27-11-4-3-10(5-11)12-6-16(22-21-12)20-15-7-14-13(8-18-15)23-28(14,25)26/h6-11,23H,3-5H2,1-2H3,(H,19,24)(H2,18,20,21,22)/t10-,11+/m0/s1. The lowest BCUT2D eigenvalue weighted by atomic mass is 10.0. The molecule has 1 aliphatic heterocycles. The molecule has 0 radical (unpaired) electrons. The Kier molecular flexibility index (Phi) is 4.61. The number of carbonyl (C=O) groups excluding carboxylic acids is 1. The smallest absolute Gasteiger partial charge is 0.407 e. The molecule has 0 bridgehead atoms. The zero-order valence-electron chi connectivity index (χ0n) is 15.5. The van der Waals surface area contributed by atoms with Crippen molar-refractivity contribution in [2.75, 3.05) is 10.0 Å². The van der Waals surface area contributed by atoms with Crippen LogP contribution in [0.4, 0.5) is 22.1 Å². The van der Waals surface area contributed by atoms with Crippen molar-refractivity contribution in [1.29, 1.82) is 0 Å². The third-order valence-corrected chi connectivity index (χ3v) is 6.16. The van der Waals surface area contributed by atoms with Crippen molar-refractivity contribution in [3.63, 3.8) is 0 Å². The highest BCUT2D eigenvalue weighted by molar-refractivity contribution is 7.94. The molecule has 11 heteroatoms. The number of sulfonamides is 1. The number of H-pyrrole nitrogens is 1. The van der Waals surface area contributed by atoms with E-state index in [4.69, 9.17) is 4.74 Å². The van der Waals surface area contributed by atoms with Crippen molar-refractivity contribution in [2.24, 2.45) is 0 Å². The summed E-state index contributed by atoms with van der Waals surface area (Å²) in [6.07, 6.45) is 3.39. The fourth-order valence-corrected chi connectivity index (χ4v) is 4.52. The fraction of sp³-hybridized carbons (Fsp3) is 0.471. The molecule has 0 aromatic carbocycles. The molecule has 1 aliphatic carbocycles. The van der Waals surface area contributed by atoms with Crippen LogP contribution in [-0.4, -0.2) is 41.8 Å². The molecule has 0 saturated heterocycles. The maximum Gasteiger partial charge on any atom is 0.407 e. The van der Waals surface area contributed by atoms with E-state index in [1.54, 1.807) is 0 Å². The number of anilines is 3. The summed E-state index contributed by atoms with van der Waals surface area (Å²) in [4.78, 5) is 16.1. The third-order valence-electron chi connectivity index (χ3n) is 4.76. The summed E-state index contributed by atoms with van der Waals surface area (Å²) >= 11 is 0. The number of carbonyl (C=O) groups is 1. The van der Waals surface area contributed by atoms with Crippen molar-refractivity contribution in [1.82, 2.24) is 20.5 Å². The summed E-state index contributed by atoms with van der Waals surface area (Å²) in [6, 6.07) is 3.39. The monoisotopic (exact) mass is 406 g/mol. The van der Waals surface area contributed by atoms with Gasteiger partial charge in [-0.2, -0.15) is 5.10 Å². The Hall–Kier alpha value is -2.82. The number of amides is 1. The van der Waals surface area contributed by atoms with Crippen molar-refractivity contribution < 1.29 is 17.9 Å². The lowest BCUT2D eigenvalue weighted by Gasteiger charge is -2.21. The third kappa shape index (κ3) is 3.75. The molecule has 0 unspecified atom stereocenters. The van der Waals surface area contributed by atoms with Gasteiger partial charge in [0.2, 0.25) is 0 Å². The topological polar surface area (TPSA) is 138 Å². The first-order chi connectivity index (χ1) is 13.3. The average Bonchev–Trinajstić information content (AvgIpc) is 3.24. The van der Waals surface area contributed by atoms with Gasteiger partial charge in [0.1, 0.15) is 16.8 Å². The molecule has 4 N–H and O–H groups in total. The van der Waals surface area contributed by atoms with Gasteiger partial charge in [0.05, 0.1) is 11.9 Å². The van der Waals surface area contributed by atoms with E-state index in [9.17, 15) is 13.2 Å². The van der Waals surface area contributed by atoms with Gasteiger partial charge in [0.25, 0.3) is 10.0 Å². The second-order valence-corrected chi connectivity index (χ2v) is 8.99. The molecule has 3 heterocycles. The predicted octanol–water partition coefficient (Wildman–Crippen LogP) is 2.43. The molecule has 1 saturated carbocycles. The highest BCUT2D eigenvalue weighted by Gasteiger charge is 2.31. The Morgan fingerprint density at radius 2 is 2.11 bits per heavy atom. The molecule has 1 fully saturated rings. The minimum absolute atomic E-state index is 0.0419. The maximum atomic E-state index is 11.7. The number of aromatic amines is 1. The first-order valence-electron chi connectivity index (χ1n) is 9.12. The van der Waals surface area contributed by atoms with Crippen LogP contribution in [0.25, 0.3) is 0 Å². The summed E-state index contributed by atoms with van der Waals surface area (Å²) < 4.78 is 31.1. The van der Waals surface area contributed by atoms with Gasteiger partial charge < -0.3 is 15.4 Å². The minimum atomic E-state index is -3.39. The summed E-state index contributed by atoms with van der Waals surface area (Å²) in [5.74, 6) is 1.17. The highest BCUT2D eigenvalue weighted by atomic mass is 32.2. The van der Waals surface area contributed by atoms with Crippen LogP contribution in [0.1, 0.15) is 44.7 Å². The van der Waals surface area contributed by atoms with E-state index >= 15 is 0 Å². The zero-order valence-corrected chi connectivity index (χ0v) is 16.3. The van der Waals surface area contributed by atoms with Crippen LogP contribution in [0, 0.1) is 0 Å². The van der Waals surface area contributed by atoms with Gasteiger partial charge in [-0.25, -0.2) is 18.2 Å². The van der Waals surface area contributed by atoms with Crippen LogP contribution in [0.15, 0.2) is 23.2 Å². The molecule has 10 nitrogen and oxygen atoms in total. The van der Waals surface area contributed by atoms with E-state index < -0.39 is 10.0 Å². The molecule has 150 valence electrons. The van der Waals surface area contributed by atoms with Gasteiger partial charge in [-0.15, -0.1) is 0 Å². The molecule has 1 amide bonds. The van der Waals surface area contributed by atoms with Gasteiger partial charge in [-0.3, -0.25) is 9.82 Å². The molecule has 2 aromatic heterocycles. The van der Waals surface area contributed by atoms with E-state index in [2.05, 4.69) is 30.5 Å². The minimum Gasteiger partial charge on any atom is -0.446 e. The summed E-state index contributed by atoms with van der Waals surface area (Å²) in [5, 5.41) is 13.0. The lowest BCUT2D eigenvalue weighted by molar-refractivity contribution is 0.0981. The number of nitrogens with one attached hydrogen (secondary N) is 4. The van der Waals surface area contributed by atoms with Crippen molar-refractivity contribution in [3.8, 4) is 0 Å². The van der Waals surface area contributed by atoms with E-state index in [0.717, 1.165) is 25.0 Å². The Bertz CT molecular complexity index is 1000. The van der Waals surface area contributed by atoms with Crippen molar-refractivity contribution in [2.45, 2.75) is 56.1 Å². The van der Waals surface area contributed by atoms with Crippen LogP contribution in [0.5, 0.6) is 0 Å². The second-order valence-electron chi connectivity index (χ2n) is 7.34. The number of nitrogens with zero attached hydrogens (tertiary/aromatic N) is 2. The second kappa shape index (κ2) is 6.97. The molecular weight excluding hydrogens is 384 g/mol. The number of pyridine rings is 1. The van der Waals surface area contributed by atoms with Gasteiger partial charge in [-0.05, 0) is 33.1 Å². The first kappa shape index (κ1) is 18.5. The van der Waals surface area contributed by atoms with E-state index in [0.29, 0.717) is 17.3 Å². The molecule has 2 atom stereocenters. The van der Waals surface area contributed by atoms with E-state index in [1.165, 1.54) is 12.3 Å². The molecule has 2 aliphatic rings. The lowest BCUT2D eigenvalue weighted by Crippen LogP contribution is -2.33. The highest BCUT2D eigenvalue weighted by Crippen LogP contribution is 2.37. The molecular formula is C17H22N6O4S. The number of hydrogen-bond acceptors (Lipinski definition) is 7. The van der Waals surface area contributed by atoms with Crippen LogP contribution >= 0.6 is 0 Å². The number of ether oxygens (including phenoxy) is 1. The number of rotatable bonds is 5. The van der Waals surface area contributed by atoms with Crippen molar-refractivity contribution >= 4 is 33.4 Å². The zero-order chi connectivity index (χ0) is 19.9. The maximum absolute atomic E-state index is 11.7. The Labute approximate surface area is 162 Å². The van der Waals surface area contributed by atoms with Crippen LogP contribution in [-0.2, 0) is 14.8 Å². The largest absolute Gasteiger partial charge is 0.446 e. The first-order valence-corrected chi connectivity index (χ1v) is 10.6. The van der Waals surface area contributed by atoms with Gasteiger partial charge >= 0.3 is 6.09 Å². The summed E-state index contributed by atoms with van der Waals surface area (Å²) in [6.45, 7) is 3.77. The van der Waals surface area contributed by atoms with E-state index in [1.807, 2.05) is 19.9 Å². The average molecular weight is 406 g/mol. The summed E-state index contributed by atoms with van der Waals surface area (Å²) in [7, 11) is -3.39. The fourth-order valence-electron chi connectivity index (χ4n) is 3.45. The quantitative estimate of drug-likeness (QED) is 0.598. The Morgan fingerprint density at radius 3 is 2.86 bits per heavy atom. The van der Waals surface area contributed by atoms with E-state index in [-0.39, 0.29) is 29.1 Å².